The van der Waals surface area contributed by atoms with Crippen LogP contribution in [0, 0.1) is 5.41 Å². The lowest BCUT2D eigenvalue weighted by Gasteiger charge is -2.40. The second-order valence-corrected chi connectivity index (χ2v) is 9.28. The van der Waals surface area contributed by atoms with Gasteiger partial charge in [-0.2, -0.15) is 0 Å². The maximum absolute atomic E-state index is 13.4. The number of fused-ring (bicyclic) bond motifs is 4. The lowest BCUT2D eigenvalue weighted by molar-refractivity contribution is -0.118. The van der Waals surface area contributed by atoms with Crippen LogP contribution >= 0.6 is 0 Å². The lowest BCUT2D eigenvalue weighted by Crippen LogP contribution is -2.33. The van der Waals surface area contributed by atoms with E-state index in [-0.39, 0.29) is 23.0 Å². The number of hydrogen-bond donors (Lipinski definition) is 2. The number of phenolic OH excluding ortho intramolecular Hbond substituents is 1. The van der Waals surface area contributed by atoms with Gasteiger partial charge in [0.15, 0.2) is 17.3 Å². The van der Waals surface area contributed by atoms with Crippen molar-refractivity contribution in [2.75, 3.05) is 11.9 Å². The van der Waals surface area contributed by atoms with Gasteiger partial charge in [-0.15, -0.1) is 0 Å². The number of allylic oxidation sites excluding steroid dienone is 1. The monoisotopic (exact) mass is 413 g/mol. The van der Waals surface area contributed by atoms with Crippen molar-refractivity contribution in [3.8, 4) is 11.5 Å². The number of hydrogen-bond acceptors (Lipinski definition) is 4. The molecule has 1 heterocycles. The van der Waals surface area contributed by atoms with Crippen LogP contribution in [0.5, 0.6) is 11.5 Å². The third-order valence-electron chi connectivity index (χ3n) is 6.37. The van der Waals surface area contributed by atoms with Crippen molar-refractivity contribution in [1.82, 2.24) is 0 Å². The summed E-state index contributed by atoms with van der Waals surface area (Å²) in [7, 11) is 0. The number of aromatic hydroxyl groups is 1. The number of carbonyl (C=O) groups excluding carboxylic acids is 1. The Kier molecular flexibility index (Phi) is 4.54. The van der Waals surface area contributed by atoms with Crippen molar-refractivity contribution in [1.29, 1.82) is 0 Å². The fourth-order valence-electron chi connectivity index (χ4n) is 5.04. The van der Waals surface area contributed by atoms with Crippen LogP contribution in [0.15, 0.2) is 60.2 Å². The molecule has 1 aliphatic carbocycles. The van der Waals surface area contributed by atoms with Gasteiger partial charge < -0.3 is 15.2 Å². The largest absolute Gasteiger partial charge is 0.504 e. The van der Waals surface area contributed by atoms with E-state index < -0.39 is 0 Å². The normalized spacial score (nSPS) is 19.6. The van der Waals surface area contributed by atoms with Gasteiger partial charge in [0.2, 0.25) is 0 Å². The molecule has 0 amide bonds. The molecule has 31 heavy (non-hydrogen) atoms. The molecule has 1 atom stereocenters. The minimum Gasteiger partial charge on any atom is -0.504 e. The van der Waals surface area contributed by atoms with Gasteiger partial charge in [-0.05, 0) is 47.4 Å². The summed E-state index contributed by atoms with van der Waals surface area (Å²) in [5.41, 5.74) is 5.01. The topological polar surface area (TPSA) is 58.6 Å². The smallest absolute Gasteiger partial charge is 0.162 e. The van der Waals surface area contributed by atoms with E-state index in [1.807, 2.05) is 31.2 Å². The first-order valence-corrected chi connectivity index (χ1v) is 10.9. The van der Waals surface area contributed by atoms with E-state index in [2.05, 4.69) is 43.4 Å². The van der Waals surface area contributed by atoms with Crippen molar-refractivity contribution in [2.45, 2.75) is 39.7 Å². The Hall–Kier alpha value is -3.27. The van der Waals surface area contributed by atoms with Crippen LogP contribution < -0.4 is 10.1 Å². The summed E-state index contributed by atoms with van der Waals surface area (Å²) in [6.07, 6.45) is 1.39. The molecule has 0 radical (unpaired) electrons. The number of rotatable bonds is 3. The Morgan fingerprint density at radius 3 is 2.71 bits per heavy atom. The Morgan fingerprint density at radius 2 is 1.90 bits per heavy atom. The van der Waals surface area contributed by atoms with Gasteiger partial charge in [-0.3, -0.25) is 4.79 Å². The van der Waals surface area contributed by atoms with Crippen molar-refractivity contribution < 1.29 is 14.6 Å². The molecule has 4 nitrogen and oxygen atoms in total. The molecule has 2 N–H and O–H groups in total. The van der Waals surface area contributed by atoms with Gasteiger partial charge in [-0.1, -0.05) is 56.3 Å². The summed E-state index contributed by atoms with van der Waals surface area (Å²) in [5.74, 6) is 0.738. The van der Waals surface area contributed by atoms with Crippen molar-refractivity contribution in [3.63, 3.8) is 0 Å². The number of ketones is 1. The number of anilines is 1. The highest BCUT2D eigenvalue weighted by atomic mass is 16.5. The minimum atomic E-state index is -0.281. The molecule has 158 valence electrons. The molecule has 4 heteroatoms. The highest BCUT2D eigenvalue weighted by Gasteiger charge is 2.40. The molecule has 5 rings (SSSR count). The van der Waals surface area contributed by atoms with Crippen molar-refractivity contribution in [3.05, 3.63) is 71.3 Å². The fraction of sp³-hybridized carbons (Fsp3) is 0.296. The highest BCUT2D eigenvalue weighted by molar-refractivity contribution is 6.12. The molecule has 0 aromatic heterocycles. The van der Waals surface area contributed by atoms with E-state index in [0.29, 0.717) is 18.8 Å². The molecule has 0 unspecified atom stereocenters. The van der Waals surface area contributed by atoms with Crippen LogP contribution in [-0.4, -0.2) is 17.5 Å². The standard InChI is InChI=1S/C27H27NO3/c1-4-31-23-13-17(10-12-21(23)29)25-24-20(14-27(2,3)15-22(24)30)19-11-9-16-7-5-6-8-18(16)26(19)28-25/h5-13,25,28-29H,4,14-15H2,1-3H3/t25-/m0/s1. The van der Waals surface area contributed by atoms with Crippen LogP contribution in [0.4, 0.5) is 5.69 Å². The third-order valence-corrected chi connectivity index (χ3v) is 6.37. The molecule has 0 saturated heterocycles. The Morgan fingerprint density at radius 1 is 1.10 bits per heavy atom. The molecule has 1 aliphatic heterocycles. The zero-order valence-corrected chi connectivity index (χ0v) is 18.2. The van der Waals surface area contributed by atoms with Crippen LogP contribution in [0.1, 0.15) is 50.8 Å². The van der Waals surface area contributed by atoms with Crippen LogP contribution in [0.3, 0.4) is 0 Å². The SMILES string of the molecule is CCOc1cc([C@@H]2Nc3c(ccc4ccccc34)C3=C2C(=O)CC(C)(C)C3)ccc1O. The van der Waals surface area contributed by atoms with E-state index >= 15 is 0 Å². The molecule has 0 fully saturated rings. The second kappa shape index (κ2) is 7.16. The van der Waals surface area contributed by atoms with Gasteiger partial charge >= 0.3 is 0 Å². The average Bonchev–Trinajstić information content (AvgIpc) is 2.74. The fourth-order valence-corrected chi connectivity index (χ4v) is 5.04. The van der Waals surface area contributed by atoms with E-state index in [4.69, 9.17) is 4.74 Å². The number of ether oxygens (including phenoxy) is 1. The predicted molar refractivity (Wildman–Crippen MR) is 125 cm³/mol. The van der Waals surface area contributed by atoms with Gasteiger partial charge in [0, 0.05) is 22.9 Å². The first-order valence-electron chi connectivity index (χ1n) is 10.9. The minimum absolute atomic E-state index is 0.0772. The summed E-state index contributed by atoms with van der Waals surface area (Å²) in [6.45, 7) is 6.69. The Labute approximate surface area is 182 Å². The van der Waals surface area contributed by atoms with E-state index in [1.54, 1.807) is 6.07 Å². The van der Waals surface area contributed by atoms with Crippen molar-refractivity contribution in [2.24, 2.45) is 5.41 Å². The number of benzene rings is 3. The lowest BCUT2D eigenvalue weighted by atomic mass is 9.68. The van der Waals surface area contributed by atoms with Crippen LogP contribution in [0.25, 0.3) is 16.3 Å². The van der Waals surface area contributed by atoms with E-state index in [0.717, 1.165) is 39.8 Å². The number of carbonyl (C=O) groups is 1. The van der Waals surface area contributed by atoms with E-state index in [1.165, 1.54) is 5.39 Å². The summed E-state index contributed by atoms with van der Waals surface area (Å²) >= 11 is 0. The maximum atomic E-state index is 13.4. The molecule has 3 aromatic carbocycles. The maximum Gasteiger partial charge on any atom is 0.162 e. The average molecular weight is 414 g/mol. The number of phenols is 1. The van der Waals surface area contributed by atoms with Gasteiger partial charge in [0.25, 0.3) is 0 Å². The molecular formula is C27H27NO3. The Bertz CT molecular complexity index is 1240. The van der Waals surface area contributed by atoms with Gasteiger partial charge in [0.1, 0.15) is 0 Å². The molecule has 0 bridgehead atoms. The zero-order valence-electron chi connectivity index (χ0n) is 18.2. The van der Waals surface area contributed by atoms with Crippen LogP contribution in [0.2, 0.25) is 0 Å². The number of nitrogens with one attached hydrogen (secondary N) is 1. The van der Waals surface area contributed by atoms with E-state index in [9.17, 15) is 9.90 Å². The quantitative estimate of drug-likeness (QED) is 0.532. The first-order chi connectivity index (χ1) is 14.9. The molecule has 0 spiro atoms. The predicted octanol–water partition coefficient (Wildman–Crippen LogP) is 6.25. The molecule has 2 aliphatic rings. The second-order valence-electron chi connectivity index (χ2n) is 9.28. The number of Topliss-reactive ketones (excluding diaryl/α,β-unsaturated/α-hetero) is 1. The molecular weight excluding hydrogens is 386 g/mol. The zero-order chi connectivity index (χ0) is 21.8. The summed E-state index contributed by atoms with van der Waals surface area (Å²) in [6, 6.07) is 17.7. The summed E-state index contributed by atoms with van der Waals surface area (Å²) in [4.78, 5) is 13.4. The third kappa shape index (κ3) is 3.27. The highest BCUT2D eigenvalue weighted by Crippen LogP contribution is 2.52. The van der Waals surface area contributed by atoms with Gasteiger partial charge in [-0.25, -0.2) is 0 Å². The molecule has 0 saturated carbocycles. The van der Waals surface area contributed by atoms with Crippen molar-refractivity contribution >= 4 is 27.8 Å². The summed E-state index contributed by atoms with van der Waals surface area (Å²) < 4.78 is 5.63. The molecule has 3 aromatic rings. The van der Waals surface area contributed by atoms with Gasteiger partial charge in [0.05, 0.1) is 18.3 Å². The first kappa shape index (κ1) is 19.7. The Balaban J connectivity index is 1.75. The van der Waals surface area contributed by atoms with Crippen LogP contribution in [-0.2, 0) is 4.79 Å². The summed E-state index contributed by atoms with van der Waals surface area (Å²) in [5, 5.41) is 16.2.